The van der Waals surface area contributed by atoms with Crippen LogP contribution in [0.4, 0.5) is 5.69 Å². The molecule has 3 heterocycles. The summed E-state index contributed by atoms with van der Waals surface area (Å²) in [6.45, 7) is 3.65. The van der Waals surface area contributed by atoms with Gasteiger partial charge in [0.2, 0.25) is 5.82 Å². The van der Waals surface area contributed by atoms with Crippen LogP contribution in [0, 0.1) is 11.8 Å². The highest BCUT2D eigenvalue weighted by molar-refractivity contribution is 6.31. The van der Waals surface area contributed by atoms with Crippen LogP contribution in [0.25, 0.3) is 0 Å². The molecule has 0 radical (unpaired) electrons. The fraction of sp³-hybridized carbons (Fsp3) is 0.318. The second kappa shape index (κ2) is 7.61. The lowest BCUT2D eigenvalue weighted by atomic mass is 9.89. The summed E-state index contributed by atoms with van der Waals surface area (Å²) < 4.78 is 2.00. The number of aromatic nitrogens is 3. The fourth-order valence-corrected chi connectivity index (χ4v) is 4.69. The number of carbonyl (C=O) groups excluding carboxylic acids is 1. The summed E-state index contributed by atoms with van der Waals surface area (Å²) in [5.41, 5.74) is 1.92. The van der Waals surface area contributed by atoms with Crippen molar-refractivity contribution in [2.24, 2.45) is 11.8 Å². The highest BCUT2D eigenvalue weighted by atomic mass is 35.5. The highest BCUT2D eigenvalue weighted by Crippen LogP contribution is 2.34. The van der Waals surface area contributed by atoms with E-state index >= 15 is 0 Å². The van der Waals surface area contributed by atoms with Gasteiger partial charge in [0, 0.05) is 43.3 Å². The first-order valence-corrected chi connectivity index (χ1v) is 10.3. The van der Waals surface area contributed by atoms with Gasteiger partial charge in [-0.05, 0) is 35.6 Å². The Morgan fingerprint density at radius 3 is 2.59 bits per heavy atom. The predicted octanol–water partition coefficient (Wildman–Crippen LogP) is 3.49. The molecule has 0 aliphatic carbocycles. The van der Waals surface area contributed by atoms with Crippen molar-refractivity contribution in [3.05, 3.63) is 76.8 Å². The smallest absolute Gasteiger partial charge is 0.293 e. The zero-order valence-corrected chi connectivity index (χ0v) is 16.7. The van der Waals surface area contributed by atoms with Gasteiger partial charge in [-0.25, -0.2) is 0 Å². The summed E-state index contributed by atoms with van der Waals surface area (Å²) in [4.78, 5) is 15.2. The monoisotopic (exact) mass is 407 g/mol. The minimum Gasteiger partial charge on any atom is -0.319 e. The van der Waals surface area contributed by atoms with Crippen LogP contribution in [0.1, 0.15) is 22.0 Å². The number of halogens is 1. The summed E-state index contributed by atoms with van der Waals surface area (Å²) in [7, 11) is 0. The van der Waals surface area contributed by atoms with Crippen molar-refractivity contribution >= 4 is 23.2 Å². The van der Waals surface area contributed by atoms with Gasteiger partial charge < -0.3 is 9.88 Å². The number of nitrogens with one attached hydrogen (secondary N) is 1. The molecule has 2 aliphatic rings. The zero-order valence-electron chi connectivity index (χ0n) is 16.0. The Morgan fingerprint density at radius 1 is 1.00 bits per heavy atom. The van der Waals surface area contributed by atoms with E-state index in [0.29, 0.717) is 17.7 Å². The lowest BCUT2D eigenvalue weighted by molar-refractivity contribution is 0.100. The van der Waals surface area contributed by atoms with E-state index in [1.807, 2.05) is 53.1 Å². The lowest BCUT2D eigenvalue weighted by Gasteiger charge is -2.25. The molecule has 29 heavy (non-hydrogen) atoms. The second-order valence-corrected chi connectivity index (χ2v) is 8.29. The van der Waals surface area contributed by atoms with Gasteiger partial charge in [0.15, 0.2) is 0 Å². The van der Waals surface area contributed by atoms with Crippen LogP contribution in [0.15, 0.2) is 54.6 Å². The van der Waals surface area contributed by atoms with Crippen LogP contribution >= 0.6 is 11.6 Å². The molecule has 2 aromatic carbocycles. The summed E-state index contributed by atoms with van der Waals surface area (Å²) in [6, 6.07) is 17.5. The highest BCUT2D eigenvalue weighted by Gasteiger charge is 2.39. The van der Waals surface area contributed by atoms with E-state index in [4.69, 9.17) is 11.6 Å². The van der Waals surface area contributed by atoms with E-state index in [2.05, 4.69) is 26.5 Å². The van der Waals surface area contributed by atoms with Gasteiger partial charge in [0.1, 0.15) is 5.82 Å². The number of para-hydroxylation sites is 1. The van der Waals surface area contributed by atoms with Crippen molar-refractivity contribution < 1.29 is 4.79 Å². The standard InChI is InChI=1S/C22H22ClN5O/c23-19-9-5-4-6-15(19)11-27-12-16-10-20-25-26-21(28(20)14-17(16)13-27)22(29)24-18-7-2-1-3-8-18/h1-9,16-17H,10-14H2,(H,24,29)/t16-,17-/m0/s1. The first-order valence-electron chi connectivity index (χ1n) is 9.91. The van der Waals surface area contributed by atoms with Crippen LogP contribution in [-0.4, -0.2) is 38.7 Å². The molecular formula is C22H22ClN5O. The summed E-state index contributed by atoms with van der Waals surface area (Å²) in [6.07, 6.45) is 0.856. The third-order valence-corrected chi connectivity index (χ3v) is 6.30. The molecule has 3 aromatic rings. The van der Waals surface area contributed by atoms with Crippen LogP contribution in [0.2, 0.25) is 5.02 Å². The average molecular weight is 408 g/mol. The minimum atomic E-state index is -0.209. The molecule has 1 saturated heterocycles. The summed E-state index contributed by atoms with van der Waals surface area (Å²) >= 11 is 6.34. The molecule has 148 valence electrons. The third kappa shape index (κ3) is 3.66. The number of likely N-dealkylation sites (tertiary alicyclic amines) is 1. The Labute approximate surface area is 174 Å². The molecular weight excluding hydrogens is 386 g/mol. The molecule has 0 bridgehead atoms. The molecule has 1 amide bonds. The Hall–Kier alpha value is -2.70. The molecule has 5 rings (SSSR count). The predicted molar refractivity (Wildman–Crippen MR) is 112 cm³/mol. The SMILES string of the molecule is O=C(Nc1ccccc1)c1nnc2n1C[C@@H]1CN(Cc3ccccc3Cl)C[C@@H]1C2. The van der Waals surface area contributed by atoms with Gasteiger partial charge in [0.05, 0.1) is 0 Å². The van der Waals surface area contributed by atoms with E-state index in [0.717, 1.165) is 54.7 Å². The molecule has 1 fully saturated rings. The van der Waals surface area contributed by atoms with Gasteiger partial charge in [0.25, 0.3) is 5.91 Å². The van der Waals surface area contributed by atoms with Crippen molar-refractivity contribution in [2.75, 3.05) is 18.4 Å². The molecule has 0 saturated carbocycles. The van der Waals surface area contributed by atoms with E-state index in [9.17, 15) is 4.79 Å². The van der Waals surface area contributed by atoms with Crippen molar-refractivity contribution in [3.63, 3.8) is 0 Å². The summed E-state index contributed by atoms with van der Waals surface area (Å²) in [5, 5.41) is 12.2. The Balaban J connectivity index is 1.29. The average Bonchev–Trinajstić information content (AvgIpc) is 3.31. The van der Waals surface area contributed by atoms with E-state index < -0.39 is 0 Å². The number of nitrogens with zero attached hydrogens (tertiary/aromatic N) is 4. The number of carbonyl (C=O) groups is 1. The number of fused-ring (bicyclic) bond motifs is 2. The van der Waals surface area contributed by atoms with E-state index in [1.54, 1.807) is 0 Å². The van der Waals surface area contributed by atoms with Crippen LogP contribution in [0.5, 0.6) is 0 Å². The minimum absolute atomic E-state index is 0.209. The number of amides is 1. The molecule has 2 atom stereocenters. The number of hydrogen-bond donors (Lipinski definition) is 1. The number of benzene rings is 2. The fourth-order valence-electron chi connectivity index (χ4n) is 4.49. The molecule has 0 spiro atoms. The normalized spacial score (nSPS) is 20.9. The zero-order chi connectivity index (χ0) is 19.8. The van der Waals surface area contributed by atoms with Gasteiger partial charge in [-0.15, -0.1) is 10.2 Å². The lowest BCUT2D eigenvalue weighted by Crippen LogP contribution is -2.31. The first kappa shape index (κ1) is 18.3. The molecule has 0 unspecified atom stereocenters. The summed E-state index contributed by atoms with van der Waals surface area (Å²) in [5.74, 6) is 2.12. The van der Waals surface area contributed by atoms with E-state index in [1.165, 1.54) is 0 Å². The van der Waals surface area contributed by atoms with Crippen LogP contribution in [-0.2, 0) is 19.5 Å². The molecule has 6 nitrogen and oxygen atoms in total. The molecule has 2 aliphatic heterocycles. The van der Waals surface area contributed by atoms with Crippen molar-refractivity contribution in [1.29, 1.82) is 0 Å². The third-order valence-electron chi connectivity index (χ3n) is 5.93. The van der Waals surface area contributed by atoms with Crippen molar-refractivity contribution in [3.8, 4) is 0 Å². The number of anilines is 1. The Morgan fingerprint density at radius 2 is 1.76 bits per heavy atom. The molecule has 1 aromatic heterocycles. The second-order valence-electron chi connectivity index (χ2n) is 7.88. The van der Waals surface area contributed by atoms with Gasteiger partial charge in [-0.2, -0.15) is 0 Å². The maximum absolute atomic E-state index is 12.7. The van der Waals surface area contributed by atoms with Crippen molar-refractivity contribution in [2.45, 2.75) is 19.5 Å². The van der Waals surface area contributed by atoms with Crippen molar-refractivity contribution in [1.82, 2.24) is 19.7 Å². The first-order chi connectivity index (χ1) is 14.2. The van der Waals surface area contributed by atoms with Gasteiger partial charge in [-0.3, -0.25) is 9.69 Å². The topological polar surface area (TPSA) is 63.1 Å². The maximum Gasteiger partial charge on any atom is 0.293 e. The maximum atomic E-state index is 12.7. The Kier molecular flexibility index (Phi) is 4.81. The van der Waals surface area contributed by atoms with Crippen LogP contribution < -0.4 is 5.32 Å². The molecule has 1 N–H and O–H groups in total. The number of hydrogen-bond acceptors (Lipinski definition) is 4. The quantitative estimate of drug-likeness (QED) is 0.719. The molecule has 7 heteroatoms. The van der Waals surface area contributed by atoms with E-state index in [-0.39, 0.29) is 5.91 Å². The number of rotatable bonds is 4. The largest absolute Gasteiger partial charge is 0.319 e. The van der Waals surface area contributed by atoms with Gasteiger partial charge >= 0.3 is 0 Å². The Bertz CT molecular complexity index is 1030. The van der Waals surface area contributed by atoms with Gasteiger partial charge in [-0.1, -0.05) is 48.0 Å². The van der Waals surface area contributed by atoms with Crippen LogP contribution in [0.3, 0.4) is 0 Å².